The van der Waals surface area contributed by atoms with Crippen LogP contribution < -0.4 is 11.1 Å². The van der Waals surface area contributed by atoms with E-state index in [9.17, 15) is 0 Å². The highest BCUT2D eigenvalue weighted by molar-refractivity contribution is 5.23. The average Bonchev–Trinajstić information content (AvgIpc) is 3.16. The fourth-order valence-corrected chi connectivity index (χ4v) is 3.97. The Morgan fingerprint density at radius 1 is 1.16 bits per heavy atom. The number of allylic oxidation sites excluding steroid dienone is 4. The van der Waals surface area contributed by atoms with Crippen molar-refractivity contribution in [2.24, 2.45) is 23.0 Å². The minimum Gasteiger partial charge on any atom is -0.328 e. The first kappa shape index (κ1) is 13.4. The maximum absolute atomic E-state index is 5.98. The van der Waals surface area contributed by atoms with Crippen LogP contribution in [0.25, 0.3) is 0 Å². The first-order valence-electron chi connectivity index (χ1n) is 7.97. The Morgan fingerprint density at radius 2 is 1.89 bits per heavy atom. The highest BCUT2D eigenvalue weighted by Gasteiger charge is 2.51. The van der Waals surface area contributed by atoms with Gasteiger partial charge in [0.15, 0.2) is 0 Å². The predicted octanol–water partition coefficient (Wildman–Crippen LogP) is 3.00. The van der Waals surface area contributed by atoms with Gasteiger partial charge in [0.1, 0.15) is 0 Å². The van der Waals surface area contributed by atoms with Crippen molar-refractivity contribution >= 4 is 0 Å². The number of rotatable bonds is 3. The first-order chi connectivity index (χ1) is 9.09. The minimum atomic E-state index is 0.359. The van der Waals surface area contributed by atoms with Crippen molar-refractivity contribution in [1.29, 1.82) is 0 Å². The number of nitrogens with one attached hydrogen (secondary N) is 1. The summed E-state index contributed by atoms with van der Waals surface area (Å²) in [6.45, 7) is 4.79. The van der Waals surface area contributed by atoms with Crippen molar-refractivity contribution in [3.8, 4) is 0 Å². The maximum Gasteiger partial charge on any atom is 0.0110 e. The largest absolute Gasteiger partial charge is 0.328 e. The van der Waals surface area contributed by atoms with Crippen LogP contribution in [0, 0.1) is 17.3 Å². The molecule has 2 fully saturated rings. The predicted molar refractivity (Wildman–Crippen MR) is 80.8 cm³/mol. The summed E-state index contributed by atoms with van der Waals surface area (Å²) >= 11 is 0. The SMILES string of the molecule is CC1C=CC=CC1(C)[C@H]1C[C@@H]1NC1CCC(N)CC1. The van der Waals surface area contributed by atoms with Gasteiger partial charge in [-0.05, 0) is 49.4 Å². The van der Waals surface area contributed by atoms with Crippen LogP contribution in [0.3, 0.4) is 0 Å². The van der Waals surface area contributed by atoms with Gasteiger partial charge >= 0.3 is 0 Å². The summed E-state index contributed by atoms with van der Waals surface area (Å²) in [6.07, 6.45) is 15.5. The molecule has 3 rings (SSSR count). The molecule has 3 aliphatic rings. The molecule has 0 aromatic carbocycles. The first-order valence-corrected chi connectivity index (χ1v) is 7.97. The number of nitrogens with two attached hydrogens (primary N) is 1. The second kappa shape index (κ2) is 5.06. The Hall–Kier alpha value is -0.600. The van der Waals surface area contributed by atoms with E-state index in [-0.39, 0.29) is 0 Å². The van der Waals surface area contributed by atoms with Crippen molar-refractivity contribution in [3.63, 3.8) is 0 Å². The lowest BCUT2D eigenvalue weighted by atomic mass is 9.71. The lowest BCUT2D eigenvalue weighted by molar-refractivity contribution is 0.255. The average molecular weight is 260 g/mol. The van der Waals surface area contributed by atoms with Crippen molar-refractivity contribution in [1.82, 2.24) is 5.32 Å². The molecule has 3 N–H and O–H groups in total. The Labute approximate surface area is 117 Å². The minimum absolute atomic E-state index is 0.359. The Morgan fingerprint density at radius 3 is 2.58 bits per heavy atom. The zero-order chi connectivity index (χ0) is 13.5. The summed E-state index contributed by atoms with van der Waals surface area (Å²) in [7, 11) is 0. The third-order valence-corrected chi connectivity index (χ3v) is 5.76. The Balaban J connectivity index is 1.54. The van der Waals surface area contributed by atoms with Gasteiger partial charge in [0, 0.05) is 18.1 Å². The van der Waals surface area contributed by atoms with E-state index in [0.717, 1.165) is 18.0 Å². The van der Waals surface area contributed by atoms with Gasteiger partial charge < -0.3 is 11.1 Å². The lowest BCUT2D eigenvalue weighted by Crippen LogP contribution is -2.40. The molecule has 0 amide bonds. The van der Waals surface area contributed by atoms with E-state index < -0.39 is 0 Å². The summed E-state index contributed by atoms with van der Waals surface area (Å²) in [4.78, 5) is 0. The van der Waals surface area contributed by atoms with Gasteiger partial charge in [-0.2, -0.15) is 0 Å². The maximum atomic E-state index is 5.98. The fourth-order valence-electron chi connectivity index (χ4n) is 3.97. The van der Waals surface area contributed by atoms with E-state index in [1.54, 1.807) is 0 Å². The number of hydrogen-bond acceptors (Lipinski definition) is 2. The van der Waals surface area contributed by atoms with Crippen LogP contribution in [-0.4, -0.2) is 18.1 Å². The van der Waals surface area contributed by atoms with Gasteiger partial charge in [-0.1, -0.05) is 38.2 Å². The third kappa shape index (κ3) is 2.66. The molecule has 0 saturated heterocycles. The van der Waals surface area contributed by atoms with Gasteiger partial charge in [-0.3, -0.25) is 0 Å². The molecule has 4 atom stereocenters. The molecule has 0 spiro atoms. The molecule has 0 aliphatic heterocycles. The van der Waals surface area contributed by atoms with E-state index in [4.69, 9.17) is 5.73 Å². The highest BCUT2D eigenvalue weighted by Crippen LogP contribution is 2.52. The van der Waals surface area contributed by atoms with E-state index in [0.29, 0.717) is 17.4 Å². The lowest BCUT2D eigenvalue weighted by Gasteiger charge is -2.34. The second-order valence-corrected chi connectivity index (χ2v) is 7.13. The molecule has 0 aromatic heterocycles. The Bertz CT molecular complexity index is 379. The summed E-state index contributed by atoms with van der Waals surface area (Å²) in [5.74, 6) is 1.48. The molecule has 19 heavy (non-hydrogen) atoms. The highest BCUT2D eigenvalue weighted by atomic mass is 15.0. The van der Waals surface area contributed by atoms with Crippen LogP contribution >= 0.6 is 0 Å². The van der Waals surface area contributed by atoms with E-state index in [1.807, 2.05) is 0 Å². The van der Waals surface area contributed by atoms with Crippen LogP contribution in [-0.2, 0) is 0 Å². The molecular formula is C17H28N2. The fraction of sp³-hybridized carbons (Fsp3) is 0.765. The summed E-state index contributed by atoms with van der Waals surface area (Å²) < 4.78 is 0. The molecule has 0 bridgehead atoms. The molecule has 2 heteroatoms. The van der Waals surface area contributed by atoms with E-state index in [2.05, 4.69) is 43.5 Å². The standard InChI is InChI=1S/C17H28N2/c1-12-5-3-4-10-17(12,2)15-11-16(15)19-14-8-6-13(18)7-9-14/h3-5,10,12-16,19H,6-9,11,18H2,1-2H3/t12?,13?,14?,15-,16-,17?/m0/s1. The quantitative estimate of drug-likeness (QED) is 0.818. The second-order valence-electron chi connectivity index (χ2n) is 7.13. The molecule has 2 saturated carbocycles. The zero-order valence-electron chi connectivity index (χ0n) is 12.3. The summed E-state index contributed by atoms with van der Waals surface area (Å²) in [5, 5.41) is 3.89. The summed E-state index contributed by atoms with van der Waals surface area (Å²) in [5.41, 5.74) is 6.34. The van der Waals surface area contributed by atoms with Crippen LogP contribution in [0.15, 0.2) is 24.3 Å². The molecule has 0 heterocycles. The third-order valence-electron chi connectivity index (χ3n) is 5.76. The van der Waals surface area contributed by atoms with Gasteiger partial charge in [0.05, 0.1) is 0 Å². The van der Waals surface area contributed by atoms with Crippen LogP contribution in [0.2, 0.25) is 0 Å². The number of hydrogen-bond donors (Lipinski definition) is 2. The molecule has 2 nitrogen and oxygen atoms in total. The van der Waals surface area contributed by atoms with Crippen molar-refractivity contribution < 1.29 is 0 Å². The van der Waals surface area contributed by atoms with Gasteiger partial charge in [-0.25, -0.2) is 0 Å². The summed E-state index contributed by atoms with van der Waals surface area (Å²) in [6, 6.07) is 1.91. The molecule has 0 aromatic rings. The molecule has 106 valence electrons. The smallest absolute Gasteiger partial charge is 0.0110 e. The topological polar surface area (TPSA) is 38.0 Å². The van der Waals surface area contributed by atoms with Gasteiger partial charge in [0.25, 0.3) is 0 Å². The zero-order valence-corrected chi connectivity index (χ0v) is 12.3. The van der Waals surface area contributed by atoms with Crippen LogP contribution in [0.4, 0.5) is 0 Å². The van der Waals surface area contributed by atoms with Crippen LogP contribution in [0.5, 0.6) is 0 Å². The molecule has 0 radical (unpaired) electrons. The molecule has 2 unspecified atom stereocenters. The van der Waals surface area contributed by atoms with Crippen molar-refractivity contribution in [3.05, 3.63) is 24.3 Å². The monoisotopic (exact) mass is 260 g/mol. The van der Waals surface area contributed by atoms with Crippen molar-refractivity contribution in [2.45, 2.75) is 64.1 Å². The van der Waals surface area contributed by atoms with Crippen LogP contribution in [0.1, 0.15) is 46.0 Å². The van der Waals surface area contributed by atoms with E-state index >= 15 is 0 Å². The van der Waals surface area contributed by atoms with Gasteiger partial charge in [-0.15, -0.1) is 0 Å². The van der Waals surface area contributed by atoms with E-state index in [1.165, 1.54) is 32.1 Å². The normalized spacial score (nSPS) is 49.3. The van der Waals surface area contributed by atoms with Gasteiger partial charge in [0.2, 0.25) is 0 Å². The molecule has 3 aliphatic carbocycles. The van der Waals surface area contributed by atoms with Crippen molar-refractivity contribution in [2.75, 3.05) is 0 Å². The Kier molecular flexibility index (Phi) is 3.57. The molecular weight excluding hydrogens is 232 g/mol.